The van der Waals surface area contributed by atoms with Gasteiger partial charge in [-0.25, -0.2) is 14.6 Å². The van der Waals surface area contributed by atoms with Crippen molar-refractivity contribution in [2.24, 2.45) is 11.3 Å². The zero-order valence-electron chi connectivity index (χ0n) is 24.0. The van der Waals surface area contributed by atoms with Gasteiger partial charge in [0.25, 0.3) is 5.56 Å². The molecule has 0 bridgehead atoms. The number of likely N-dealkylation sites (tertiary alicyclic amines) is 1. The van der Waals surface area contributed by atoms with Crippen molar-refractivity contribution in [1.82, 2.24) is 24.6 Å². The van der Waals surface area contributed by atoms with Crippen LogP contribution in [0.5, 0.6) is 5.75 Å². The van der Waals surface area contributed by atoms with Crippen molar-refractivity contribution < 1.29 is 4.74 Å². The highest BCUT2D eigenvalue weighted by atomic mass is 16.5. The van der Waals surface area contributed by atoms with Crippen LogP contribution in [0.3, 0.4) is 0 Å². The van der Waals surface area contributed by atoms with Gasteiger partial charge in [-0.05, 0) is 67.1 Å². The quantitative estimate of drug-likeness (QED) is 0.290. The van der Waals surface area contributed by atoms with Gasteiger partial charge in [0.1, 0.15) is 0 Å². The van der Waals surface area contributed by atoms with Crippen LogP contribution in [0.4, 0.5) is 0 Å². The zero-order valence-corrected chi connectivity index (χ0v) is 24.0. The van der Waals surface area contributed by atoms with Gasteiger partial charge in [0.05, 0.1) is 42.9 Å². The van der Waals surface area contributed by atoms with Gasteiger partial charge in [-0.1, -0.05) is 51.1 Å². The maximum atomic E-state index is 12.6. The van der Waals surface area contributed by atoms with E-state index >= 15 is 0 Å². The van der Waals surface area contributed by atoms with E-state index in [1.54, 1.807) is 30.6 Å². The Balaban J connectivity index is 1.21. The summed E-state index contributed by atoms with van der Waals surface area (Å²) in [7, 11) is 0. The van der Waals surface area contributed by atoms with Gasteiger partial charge < -0.3 is 9.64 Å². The Morgan fingerprint density at radius 3 is 2.44 bits per heavy atom. The first-order valence-corrected chi connectivity index (χ1v) is 14.1. The van der Waals surface area contributed by atoms with Crippen LogP contribution >= 0.6 is 0 Å². The highest BCUT2D eigenvalue weighted by Gasteiger charge is 2.23. The van der Waals surface area contributed by atoms with Crippen molar-refractivity contribution in [3.05, 3.63) is 94.5 Å². The fraction of sp³-hybridized carbons (Fsp3) is 0.364. The smallest absolute Gasteiger partial charge is 0.267 e. The molecule has 3 heterocycles. The van der Waals surface area contributed by atoms with Crippen molar-refractivity contribution in [1.29, 1.82) is 5.26 Å². The number of ether oxygens (including phenoxy) is 1. The lowest BCUT2D eigenvalue weighted by Gasteiger charge is -2.35. The van der Waals surface area contributed by atoms with E-state index in [0.29, 0.717) is 47.3 Å². The molecule has 2 aromatic carbocycles. The van der Waals surface area contributed by atoms with Crippen molar-refractivity contribution in [3.8, 4) is 34.5 Å². The summed E-state index contributed by atoms with van der Waals surface area (Å²) in [4.78, 5) is 24.2. The second-order valence-electron chi connectivity index (χ2n) is 11.9. The van der Waals surface area contributed by atoms with Crippen LogP contribution in [-0.2, 0) is 6.54 Å². The number of nitrogens with zero attached hydrogens (tertiary/aromatic N) is 6. The van der Waals surface area contributed by atoms with Gasteiger partial charge in [0, 0.05) is 23.7 Å². The average Bonchev–Trinajstić information content (AvgIpc) is 2.97. The summed E-state index contributed by atoms with van der Waals surface area (Å²) >= 11 is 0. The van der Waals surface area contributed by atoms with Gasteiger partial charge in [-0.2, -0.15) is 10.4 Å². The largest absolute Gasteiger partial charge is 0.490 e. The average molecular weight is 549 g/mol. The molecule has 0 aliphatic carbocycles. The molecule has 210 valence electrons. The Morgan fingerprint density at radius 1 is 0.976 bits per heavy atom. The number of piperidine rings is 1. The van der Waals surface area contributed by atoms with E-state index in [0.717, 1.165) is 49.2 Å². The topological polar surface area (TPSA) is 96.9 Å². The third-order valence-corrected chi connectivity index (χ3v) is 7.19. The zero-order chi connectivity index (χ0) is 28.8. The molecule has 8 nitrogen and oxygen atoms in total. The lowest BCUT2D eigenvalue weighted by Crippen LogP contribution is -2.40. The fourth-order valence-electron chi connectivity index (χ4n) is 5.18. The molecule has 0 atom stereocenters. The Kier molecular flexibility index (Phi) is 8.55. The number of aromatic nitrogens is 4. The Morgan fingerprint density at radius 2 is 1.71 bits per heavy atom. The molecule has 0 N–H and O–H groups in total. The molecule has 41 heavy (non-hydrogen) atoms. The highest BCUT2D eigenvalue weighted by Crippen LogP contribution is 2.24. The van der Waals surface area contributed by atoms with Gasteiger partial charge >= 0.3 is 0 Å². The minimum atomic E-state index is -0.201. The molecule has 0 spiro atoms. The van der Waals surface area contributed by atoms with Crippen LogP contribution < -0.4 is 10.3 Å². The van der Waals surface area contributed by atoms with Crippen molar-refractivity contribution in [2.45, 2.75) is 40.2 Å². The predicted molar refractivity (Wildman–Crippen MR) is 159 cm³/mol. The summed E-state index contributed by atoms with van der Waals surface area (Å²) in [6, 6.07) is 20.3. The van der Waals surface area contributed by atoms with E-state index in [-0.39, 0.29) is 5.56 Å². The molecule has 2 aromatic heterocycles. The van der Waals surface area contributed by atoms with Gasteiger partial charge in [0.2, 0.25) is 0 Å². The maximum absolute atomic E-state index is 12.6. The number of hydrogen-bond acceptors (Lipinski definition) is 7. The number of rotatable bonds is 8. The van der Waals surface area contributed by atoms with Gasteiger partial charge in [0.15, 0.2) is 11.6 Å². The van der Waals surface area contributed by atoms with E-state index in [9.17, 15) is 10.1 Å². The summed E-state index contributed by atoms with van der Waals surface area (Å²) in [5, 5.41) is 13.8. The summed E-state index contributed by atoms with van der Waals surface area (Å²) in [5.41, 5.74) is 3.85. The van der Waals surface area contributed by atoms with Gasteiger partial charge in [-0.3, -0.25) is 4.79 Å². The molecule has 8 heteroatoms. The molecule has 1 aliphatic rings. The Labute approximate surface area is 241 Å². The van der Waals surface area contributed by atoms with Crippen LogP contribution in [0.1, 0.15) is 44.7 Å². The standard InChI is InChI=1S/C33H36N6O2/c1-33(2,3)23-38-14-12-24(13-15-38)22-41-29-19-35-32(36-20-29)28-9-5-7-26(17-28)21-39-31(40)11-10-30(37-39)27-8-4-6-25(16-27)18-34/h4-11,16-17,19-20,24H,12-15,21-23H2,1-3H3. The summed E-state index contributed by atoms with van der Waals surface area (Å²) < 4.78 is 7.47. The predicted octanol–water partition coefficient (Wildman–Crippen LogP) is 5.42. The van der Waals surface area contributed by atoms with Crippen molar-refractivity contribution >= 4 is 0 Å². The molecular formula is C33H36N6O2. The summed E-state index contributed by atoms with van der Waals surface area (Å²) in [5.74, 6) is 1.82. The maximum Gasteiger partial charge on any atom is 0.267 e. The second-order valence-corrected chi connectivity index (χ2v) is 11.9. The molecule has 0 saturated carbocycles. The molecule has 1 aliphatic heterocycles. The van der Waals surface area contributed by atoms with Crippen molar-refractivity contribution in [3.63, 3.8) is 0 Å². The minimum Gasteiger partial charge on any atom is -0.490 e. The van der Waals surface area contributed by atoms with E-state index in [4.69, 9.17) is 4.74 Å². The normalized spacial score (nSPS) is 14.5. The van der Waals surface area contributed by atoms with Gasteiger partial charge in [-0.15, -0.1) is 0 Å². The fourth-order valence-corrected chi connectivity index (χ4v) is 5.18. The Hall–Kier alpha value is -4.35. The molecule has 4 aromatic rings. The van der Waals surface area contributed by atoms with Crippen LogP contribution in [0.2, 0.25) is 0 Å². The molecule has 0 amide bonds. The lowest BCUT2D eigenvalue weighted by atomic mass is 9.92. The third-order valence-electron chi connectivity index (χ3n) is 7.19. The molecule has 0 radical (unpaired) electrons. The molecule has 1 fully saturated rings. The van der Waals surface area contributed by atoms with E-state index in [2.05, 4.69) is 46.8 Å². The van der Waals surface area contributed by atoms with E-state index < -0.39 is 0 Å². The summed E-state index contributed by atoms with van der Waals surface area (Å²) in [6.45, 7) is 11.2. The molecule has 5 rings (SSSR count). The lowest BCUT2D eigenvalue weighted by molar-refractivity contribution is 0.112. The third kappa shape index (κ3) is 7.65. The molecule has 0 unspecified atom stereocenters. The first-order valence-electron chi connectivity index (χ1n) is 14.1. The first-order chi connectivity index (χ1) is 19.8. The van der Waals surface area contributed by atoms with Crippen LogP contribution in [0.15, 0.2) is 77.9 Å². The molecule has 1 saturated heterocycles. The molecular weight excluding hydrogens is 512 g/mol. The number of benzene rings is 2. The van der Waals surface area contributed by atoms with Crippen LogP contribution in [-0.4, -0.2) is 50.9 Å². The highest BCUT2D eigenvalue weighted by molar-refractivity contribution is 5.60. The number of nitriles is 1. The SMILES string of the molecule is CC(C)(C)CN1CCC(COc2cnc(-c3cccc(Cn4nc(-c5cccc(C#N)c5)ccc4=O)c3)nc2)CC1. The minimum absolute atomic E-state index is 0.201. The Bertz CT molecular complexity index is 1580. The van der Waals surface area contributed by atoms with Crippen molar-refractivity contribution in [2.75, 3.05) is 26.2 Å². The van der Waals surface area contributed by atoms with Crippen LogP contribution in [0, 0.1) is 22.7 Å². The van der Waals surface area contributed by atoms with E-state index in [1.807, 2.05) is 36.4 Å². The summed E-state index contributed by atoms with van der Waals surface area (Å²) in [6.07, 6.45) is 5.76. The van der Waals surface area contributed by atoms with E-state index in [1.165, 1.54) is 10.7 Å². The monoisotopic (exact) mass is 548 g/mol. The second kappa shape index (κ2) is 12.4. The first kappa shape index (κ1) is 28.2. The number of hydrogen-bond donors (Lipinski definition) is 0. The van der Waals surface area contributed by atoms with Crippen LogP contribution in [0.25, 0.3) is 22.6 Å².